The molecule has 2 aromatic rings. The molecular weight excluding hydrogens is 311 g/mol. The number of benzene rings is 1. The van der Waals surface area contributed by atoms with Crippen LogP contribution in [0.5, 0.6) is 0 Å². The molecule has 3 rings (SSSR count). The molecule has 1 saturated heterocycles. The molecule has 126 valence electrons. The first-order chi connectivity index (χ1) is 11.5. The molecule has 24 heavy (non-hydrogen) atoms. The van der Waals surface area contributed by atoms with E-state index in [1.165, 1.54) is 12.1 Å². The zero-order valence-electron chi connectivity index (χ0n) is 13.4. The molecule has 1 aliphatic rings. The van der Waals surface area contributed by atoms with Gasteiger partial charge >= 0.3 is 0 Å². The Morgan fingerprint density at radius 2 is 2.12 bits per heavy atom. The van der Waals surface area contributed by atoms with Crippen LogP contribution in [-0.4, -0.2) is 29.0 Å². The van der Waals surface area contributed by atoms with Gasteiger partial charge in [0.25, 0.3) is 5.69 Å². The van der Waals surface area contributed by atoms with Crippen molar-refractivity contribution in [3.8, 4) is 0 Å². The first-order valence-electron chi connectivity index (χ1n) is 7.92. The van der Waals surface area contributed by atoms with Crippen molar-refractivity contribution in [1.82, 2.24) is 4.98 Å². The van der Waals surface area contributed by atoms with Crippen molar-refractivity contribution in [2.75, 3.05) is 23.3 Å². The number of halogens is 1. The lowest BCUT2D eigenvalue weighted by Gasteiger charge is -2.35. The number of anilines is 2. The Balaban J connectivity index is 1.71. The van der Waals surface area contributed by atoms with Crippen LogP contribution in [0, 0.1) is 22.9 Å². The summed E-state index contributed by atoms with van der Waals surface area (Å²) in [7, 11) is 0. The van der Waals surface area contributed by atoms with Crippen molar-refractivity contribution < 1.29 is 9.31 Å². The summed E-state index contributed by atoms with van der Waals surface area (Å²) in [6.07, 6.45) is 1.89. The van der Waals surface area contributed by atoms with Crippen molar-refractivity contribution in [2.45, 2.75) is 25.8 Å². The van der Waals surface area contributed by atoms with Gasteiger partial charge in [0.15, 0.2) is 0 Å². The second-order valence-electron chi connectivity index (χ2n) is 5.94. The Morgan fingerprint density at radius 3 is 2.83 bits per heavy atom. The summed E-state index contributed by atoms with van der Waals surface area (Å²) in [4.78, 5) is 16.7. The molecular formula is C17H19FN4O2. The SMILES string of the molecule is Cc1nc(NC2CCCN(c3ccccc3F)C2)ccc1[N+](=O)[O-]. The third-order valence-electron chi connectivity index (χ3n) is 4.22. The Bertz CT molecular complexity index is 753. The van der Waals surface area contributed by atoms with E-state index in [-0.39, 0.29) is 17.5 Å². The van der Waals surface area contributed by atoms with Gasteiger partial charge in [-0.15, -0.1) is 0 Å². The summed E-state index contributed by atoms with van der Waals surface area (Å²) in [5, 5.41) is 14.2. The first-order valence-corrected chi connectivity index (χ1v) is 7.92. The molecule has 6 nitrogen and oxygen atoms in total. The van der Waals surface area contributed by atoms with Crippen LogP contribution in [0.4, 0.5) is 21.6 Å². The van der Waals surface area contributed by atoms with E-state index >= 15 is 0 Å². The van der Waals surface area contributed by atoms with E-state index < -0.39 is 4.92 Å². The minimum Gasteiger partial charge on any atom is -0.367 e. The van der Waals surface area contributed by atoms with Gasteiger partial charge in [-0.3, -0.25) is 10.1 Å². The molecule has 1 N–H and O–H groups in total. The van der Waals surface area contributed by atoms with Gasteiger partial charge in [0, 0.05) is 25.2 Å². The number of piperidine rings is 1. The maximum atomic E-state index is 14.0. The van der Waals surface area contributed by atoms with E-state index in [2.05, 4.69) is 10.3 Å². The molecule has 1 aromatic carbocycles. The molecule has 1 unspecified atom stereocenters. The molecule has 1 atom stereocenters. The Hall–Kier alpha value is -2.70. The van der Waals surface area contributed by atoms with Crippen LogP contribution >= 0.6 is 0 Å². The predicted octanol–water partition coefficient (Wildman–Crippen LogP) is 3.52. The second-order valence-corrected chi connectivity index (χ2v) is 5.94. The lowest BCUT2D eigenvalue weighted by Crippen LogP contribution is -2.42. The number of rotatable bonds is 4. The first kappa shape index (κ1) is 16.2. The zero-order chi connectivity index (χ0) is 17.1. The molecule has 0 amide bonds. The van der Waals surface area contributed by atoms with Crippen molar-refractivity contribution in [2.24, 2.45) is 0 Å². The summed E-state index contributed by atoms with van der Waals surface area (Å²) in [6, 6.07) is 9.96. The number of nitrogens with one attached hydrogen (secondary N) is 1. The lowest BCUT2D eigenvalue weighted by atomic mass is 10.0. The minimum atomic E-state index is -0.438. The lowest BCUT2D eigenvalue weighted by molar-refractivity contribution is -0.385. The average molecular weight is 330 g/mol. The molecule has 0 spiro atoms. The Labute approximate surface area is 139 Å². The van der Waals surface area contributed by atoms with Gasteiger partial charge in [-0.2, -0.15) is 0 Å². The normalized spacial score (nSPS) is 17.6. The van der Waals surface area contributed by atoms with Gasteiger partial charge in [-0.05, 0) is 38.0 Å². The van der Waals surface area contributed by atoms with Crippen LogP contribution in [0.25, 0.3) is 0 Å². The van der Waals surface area contributed by atoms with Gasteiger partial charge in [0.1, 0.15) is 17.3 Å². The molecule has 0 bridgehead atoms. The van der Waals surface area contributed by atoms with Crippen LogP contribution in [0.1, 0.15) is 18.5 Å². The molecule has 7 heteroatoms. The number of aryl methyl sites for hydroxylation is 1. The molecule has 0 aliphatic carbocycles. The topological polar surface area (TPSA) is 71.3 Å². The van der Waals surface area contributed by atoms with Crippen LogP contribution in [0.2, 0.25) is 0 Å². The zero-order valence-corrected chi connectivity index (χ0v) is 13.4. The molecule has 0 saturated carbocycles. The Kier molecular flexibility index (Phi) is 4.59. The fourth-order valence-corrected chi connectivity index (χ4v) is 3.06. The number of hydrogen-bond acceptors (Lipinski definition) is 5. The number of para-hydroxylation sites is 1. The van der Waals surface area contributed by atoms with Crippen molar-refractivity contribution in [3.05, 3.63) is 58.0 Å². The van der Waals surface area contributed by atoms with E-state index in [1.54, 1.807) is 25.1 Å². The Morgan fingerprint density at radius 1 is 1.33 bits per heavy atom. The van der Waals surface area contributed by atoms with Crippen LogP contribution < -0.4 is 10.2 Å². The van der Waals surface area contributed by atoms with E-state index in [0.29, 0.717) is 23.7 Å². The third kappa shape index (κ3) is 3.45. The molecule has 1 aliphatic heterocycles. The maximum Gasteiger partial charge on any atom is 0.290 e. The van der Waals surface area contributed by atoms with Crippen LogP contribution in [0.15, 0.2) is 36.4 Å². The number of pyridine rings is 1. The summed E-state index contributed by atoms with van der Waals surface area (Å²) >= 11 is 0. The maximum absolute atomic E-state index is 14.0. The standard InChI is InChI=1S/C17H19FN4O2/c1-12-15(22(23)24)8-9-17(19-12)20-13-5-4-10-21(11-13)16-7-3-2-6-14(16)18/h2-3,6-9,13H,4-5,10-11H2,1H3,(H,19,20). The summed E-state index contributed by atoms with van der Waals surface area (Å²) in [6.45, 7) is 3.10. The average Bonchev–Trinajstić information content (AvgIpc) is 2.55. The van der Waals surface area contributed by atoms with Crippen molar-refractivity contribution in [3.63, 3.8) is 0 Å². The molecule has 1 aromatic heterocycles. The van der Waals surface area contributed by atoms with Gasteiger partial charge in [0.2, 0.25) is 0 Å². The monoisotopic (exact) mass is 330 g/mol. The molecule has 0 radical (unpaired) electrons. The van der Waals surface area contributed by atoms with Gasteiger partial charge in [-0.25, -0.2) is 9.37 Å². The highest BCUT2D eigenvalue weighted by Gasteiger charge is 2.22. The van der Waals surface area contributed by atoms with E-state index in [1.807, 2.05) is 11.0 Å². The molecule has 1 fully saturated rings. The van der Waals surface area contributed by atoms with Crippen molar-refractivity contribution >= 4 is 17.2 Å². The fraction of sp³-hybridized carbons (Fsp3) is 0.353. The number of aromatic nitrogens is 1. The third-order valence-corrected chi connectivity index (χ3v) is 4.22. The highest BCUT2D eigenvalue weighted by molar-refractivity contribution is 5.50. The second kappa shape index (κ2) is 6.82. The summed E-state index contributed by atoms with van der Waals surface area (Å²) < 4.78 is 14.0. The van der Waals surface area contributed by atoms with Gasteiger partial charge in [0.05, 0.1) is 10.6 Å². The number of nitro groups is 1. The minimum absolute atomic E-state index is 0.0113. The van der Waals surface area contributed by atoms with Crippen LogP contribution in [0.3, 0.4) is 0 Å². The van der Waals surface area contributed by atoms with Crippen LogP contribution in [-0.2, 0) is 0 Å². The molecule has 2 heterocycles. The summed E-state index contributed by atoms with van der Waals surface area (Å²) in [5.74, 6) is 0.390. The summed E-state index contributed by atoms with van der Waals surface area (Å²) in [5.41, 5.74) is 1.00. The number of nitrogens with zero attached hydrogens (tertiary/aromatic N) is 3. The van der Waals surface area contributed by atoms with E-state index in [0.717, 1.165) is 19.4 Å². The number of hydrogen-bond donors (Lipinski definition) is 1. The van der Waals surface area contributed by atoms with Gasteiger partial charge < -0.3 is 10.2 Å². The predicted molar refractivity (Wildman–Crippen MR) is 90.9 cm³/mol. The van der Waals surface area contributed by atoms with Gasteiger partial charge in [-0.1, -0.05) is 12.1 Å². The quantitative estimate of drug-likeness (QED) is 0.686. The van der Waals surface area contributed by atoms with Crippen molar-refractivity contribution in [1.29, 1.82) is 0 Å². The fourth-order valence-electron chi connectivity index (χ4n) is 3.06. The smallest absolute Gasteiger partial charge is 0.290 e. The highest BCUT2D eigenvalue weighted by Crippen LogP contribution is 2.25. The van der Waals surface area contributed by atoms with E-state index in [4.69, 9.17) is 0 Å². The highest BCUT2D eigenvalue weighted by atomic mass is 19.1. The van der Waals surface area contributed by atoms with E-state index in [9.17, 15) is 14.5 Å². The largest absolute Gasteiger partial charge is 0.367 e.